The predicted molar refractivity (Wildman–Crippen MR) is 117 cm³/mol. The van der Waals surface area contributed by atoms with Gasteiger partial charge in [-0.2, -0.15) is 4.98 Å². The largest absolute Gasteiger partial charge is 0.356 e. The van der Waals surface area contributed by atoms with Crippen molar-refractivity contribution in [3.63, 3.8) is 0 Å². The molecule has 0 unspecified atom stereocenters. The van der Waals surface area contributed by atoms with Crippen molar-refractivity contribution in [1.29, 1.82) is 0 Å². The molecule has 1 amide bonds. The Labute approximate surface area is 176 Å². The van der Waals surface area contributed by atoms with E-state index in [1.165, 1.54) is 37.7 Å². The van der Waals surface area contributed by atoms with Crippen molar-refractivity contribution in [2.75, 3.05) is 42.5 Å². The quantitative estimate of drug-likeness (QED) is 0.773. The molecule has 0 N–H and O–H groups in total. The molecule has 5 heterocycles. The van der Waals surface area contributed by atoms with Crippen molar-refractivity contribution in [2.45, 2.75) is 51.5 Å². The van der Waals surface area contributed by atoms with E-state index in [1.807, 2.05) is 22.4 Å². The van der Waals surface area contributed by atoms with E-state index in [0.717, 1.165) is 61.5 Å². The minimum atomic E-state index is 0.214. The zero-order chi connectivity index (χ0) is 19.6. The number of amides is 1. The van der Waals surface area contributed by atoms with Crippen molar-refractivity contribution >= 4 is 29.0 Å². The molecule has 2 aromatic heterocycles. The zero-order valence-corrected chi connectivity index (χ0v) is 17.8. The van der Waals surface area contributed by atoms with Gasteiger partial charge in [0, 0.05) is 49.6 Å². The first-order valence-corrected chi connectivity index (χ1v) is 11.9. The molecule has 2 saturated heterocycles. The minimum absolute atomic E-state index is 0.214. The summed E-state index contributed by atoms with van der Waals surface area (Å²) in [4.78, 5) is 30.9. The molecule has 3 aliphatic heterocycles. The van der Waals surface area contributed by atoms with Crippen molar-refractivity contribution in [3.05, 3.63) is 33.6 Å². The molecule has 0 aromatic carbocycles. The van der Waals surface area contributed by atoms with E-state index in [1.54, 1.807) is 11.3 Å². The highest BCUT2D eigenvalue weighted by Gasteiger charge is 2.29. The summed E-state index contributed by atoms with van der Waals surface area (Å²) in [6.45, 7) is 5.64. The van der Waals surface area contributed by atoms with Crippen LogP contribution in [-0.2, 0) is 24.2 Å². The van der Waals surface area contributed by atoms with E-state index in [4.69, 9.17) is 9.97 Å². The lowest BCUT2D eigenvalue weighted by atomic mass is 10.0. The smallest absolute Gasteiger partial charge is 0.228 e. The fourth-order valence-corrected chi connectivity index (χ4v) is 5.39. The van der Waals surface area contributed by atoms with Crippen LogP contribution in [0.15, 0.2) is 17.5 Å². The maximum absolute atomic E-state index is 12.9. The molecule has 29 heavy (non-hydrogen) atoms. The molecule has 154 valence electrons. The van der Waals surface area contributed by atoms with Gasteiger partial charge in [-0.25, -0.2) is 4.98 Å². The molecule has 0 radical (unpaired) electrons. The lowest BCUT2D eigenvalue weighted by Crippen LogP contribution is -2.40. The van der Waals surface area contributed by atoms with Crippen LogP contribution >= 0.6 is 11.3 Å². The molecular formula is C22H29N5OS. The van der Waals surface area contributed by atoms with Crippen LogP contribution in [0.4, 0.5) is 11.8 Å². The Morgan fingerprint density at radius 3 is 2.48 bits per heavy atom. The van der Waals surface area contributed by atoms with Gasteiger partial charge in [0.15, 0.2) is 0 Å². The zero-order valence-electron chi connectivity index (χ0n) is 17.0. The molecular weight excluding hydrogens is 382 g/mol. The second-order valence-electron chi connectivity index (χ2n) is 8.34. The molecule has 0 saturated carbocycles. The average Bonchev–Trinajstić information content (AvgIpc) is 3.47. The number of carbonyl (C=O) groups excluding carboxylic acids is 1. The number of anilines is 2. The lowest BCUT2D eigenvalue weighted by molar-refractivity contribution is -0.131. The van der Waals surface area contributed by atoms with Crippen molar-refractivity contribution in [3.8, 4) is 0 Å². The van der Waals surface area contributed by atoms with Gasteiger partial charge in [-0.15, -0.1) is 11.3 Å². The SMILES string of the molecule is O=C(Cc1cccs1)N1CCc2nc(N3CCCC3)nc(N3CCCCC3)c2C1. The molecule has 0 atom stereocenters. The van der Waals surface area contributed by atoms with E-state index in [-0.39, 0.29) is 5.91 Å². The van der Waals surface area contributed by atoms with Gasteiger partial charge in [0.05, 0.1) is 18.7 Å². The van der Waals surface area contributed by atoms with Gasteiger partial charge in [-0.1, -0.05) is 6.07 Å². The number of fused-ring (bicyclic) bond motifs is 1. The normalized spacial score (nSPS) is 19.5. The highest BCUT2D eigenvalue weighted by molar-refractivity contribution is 7.10. The van der Waals surface area contributed by atoms with E-state index in [0.29, 0.717) is 13.0 Å². The molecule has 6 nitrogen and oxygen atoms in total. The monoisotopic (exact) mass is 411 g/mol. The maximum Gasteiger partial charge on any atom is 0.228 e. The summed E-state index contributed by atoms with van der Waals surface area (Å²) in [5.41, 5.74) is 2.34. The van der Waals surface area contributed by atoms with Gasteiger partial charge >= 0.3 is 0 Å². The summed E-state index contributed by atoms with van der Waals surface area (Å²) < 4.78 is 0. The van der Waals surface area contributed by atoms with Crippen molar-refractivity contribution < 1.29 is 4.79 Å². The fourth-order valence-electron chi connectivity index (χ4n) is 4.70. The van der Waals surface area contributed by atoms with Gasteiger partial charge in [-0.3, -0.25) is 4.79 Å². The molecule has 0 aliphatic carbocycles. The number of carbonyl (C=O) groups is 1. The van der Waals surface area contributed by atoms with E-state index >= 15 is 0 Å². The third-order valence-electron chi connectivity index (χ3n) is 6.33. The number of rotatable bonds is 4. The Hall–Kier alpha value is -2.15. The van der Waals surface area contributed by atoms with Crippen LogP contribution in [0.1, 0.15) is 48.2 Å². The van der Waals surface area contributed by atoms with Crippen LogP contribution in [0.3, 0.4) is 0 Å². The molecule has 7 heteroatoms. The van der Waals surface area contributed by atoms with Gasteiger partial charge in [0.25, 0.3) is 0 Å². The second kappa shape index (κ2) is 8.30. The summed E-state index contributed by atoms with van der Waals surface area (Å²) in [5, 5.41) is 2.04. The average molecular weight is 412 g/mol. The van der Waals surface area contributed by atoms with E-state index in [9.17, 15) is 4.79 Å². The Balaban J connectivity index is 1.43. The van der Waals surface area contributed by atoms with Crippen LogP contribution in [0.25, 0.3) is 0 Å². The van der Waals surface area contributed by atoms with E-state index in [2.05, 4.69) is 9.80 Å². The molecule has 5 rings (SSSR count). The lowest BCUT2D eigenvalue weighted by Gasteiger charge is -2.35. The van der Waals surface area contributed by atoms with Crippen molar-refractivity contribution in [1.82, 2.24) is 14.9 Å². The number of hydrogen-bond donors (Lipinski definition) is 0. The fraction of sp³-hybridized carbons (Fsp3) is 0.591. The predicted octanol–water partition coefficient (Wildman–Crippen LogP) is 3.26. The summed E-state index contributed by atoms with van der Waals surface area (Å²) in [6, 6.07) is 4.06. The van der Waals surface area contributed by atoms with Crippen LogP contribution in [0.5, 0.6) is 0 Å². The number of piperidine rings is 1. The first-order valence-electron chi connectivity index (χ1n) is 11.0. The summed E-state index contributed by atoms with van der Waals surface area (Å²) >= 11 is 1.66. The van der Waals surface area contributed by atoms with Crippen LogP contribution < -0.4 is 9.80 Å². The number of thiophene rings is 1. The molecule has 2 fully saturated rings. The highest BCUT2D eigenvalue weighted by atomic mass is 32.1. The maximum atomic E-state index is 12.9. The summed E-state index contributed by atoms with van der Waals surface area (Å²) in [7, 11) is 0. The van der Waals surface area contributed by atoms with Crippen LogP contribution in [0, 0.1) is 0 Å². The number of aromatic nitrogens is 2. The third-order valence-corrected chi connectivity index (χ3v) is 7.21. The molecule has 3 aliphatic rings. The van der Waals surface area contributed by atoms with Crippen molar-refractivity contribution in [2.24, 2.45) is 0 Å². The van der Waals surface area contributed by atoms with Crippen LogP contribution in [-0.4, -0.2) is 53.5 Å². The van der Waals surface area contributed by atoms with Gasteiger partial charge in [0.2, 0.25) is 11.9 Å². The number of nitrogens with zero attached hydrogens (tertiary/aromatic N) is 5. The van der Waals surface area contributed by atoms with E-state index < -0.39 is 0 Å². The topological polar surface area (TPSA) is 52.6 Å². The Morgan fingerprint density at radius 2 is 1.72 bits per heavy atom. The summed E-state index contributed by atoms with van der Waals surface area (Å²) in [6.07, 6.45) is 7.52. The standard InChI is InChI=1S/C22H29N5OS/c28-20(15-17-7-6-14-29-17)27-13-8-19-18(16-27)21(25-9-2-1-3-10-25)24-22(23-19)26-11-4-5-12-26/h6-7,14H,1-5,8-13,15-16H2. The minimum Gasteiger partial charge on any atom is -0.356 e. The first kappa shape index (κ1) is 18.9. The van der Waals surface area contributed by atoms with Crippen LogP contribution in [0.2, 0.25) is 0 Å². The van der Waals surface area contributed by atoms with Gasteiger partial charge in [-0.05, 0) is 43.6 Å². The second-order valence-corrected chi connectivity index (χ2v) is 9.37. The Morgan fingerprint density at radius 1 is 0.966 bits per heavy atom. The molecule has 0 spiro atoms. The Bertz CT molecular complexity index is 856. The summed E-state index contributed by atoms with van der Waals surface area (Å²) in [5.74, 6) is 2.21. The van der Waals surface area contributed by atoms with Gasteiger partial charge < -0.3 is 14.7 Å². The highest BCUT2D eigenvalue weighted by Crippen LogP contribution is 2.32. The third kappa shape index (κ3) is 3.97. The van der Waals surface area contributed by atoms with Gasteiger partial charge in [0.1, 0.15) is 5.82 Å². The first-order chi connectivity index (χ1) is 14.3. The molecule has 2 aromatic rings. The molecule has 0 bridgehead atoms. The number of hydrogen-bond acceptors (Lipinski definition) is 6. The Kier molecular flexibility index (Phi) is 5.40.